The van der Waals surface area contributed by atoms with Crippen molar-refractivity contribution >= 4 is 0 Å². The normalized spacial score (nSPS) is 28.8. The maximum Gasteiger partial charge on any atom is 0.0692 e. The Balaban J connectivity index is 1.44. The second kappa shape index (κ2) is 14.4. The Bertz CT molecular complexity index is 740. The van der Waals surface area contributed by atoms with Gasteiger partial charge in [0.2, 0.25) is 0 Å². The first-order valence-corrected chi connectivity index (χ1v) is 15.5. The van der Waals surface area contributed by atoms with Gasteiger partial charge in [0, 0.05) is 0 Å². The molecular formula is C34H55N. The fourth-order valence-electron chi connectivity index (χ4n) is 7.30. The number of nitrogens with zero attached hydrogens (tertiary/aromatic N) is 1. The molecule has 2 atom stereocenters. The Hall–Kier alpha value is -1.29. The van der Waals surface area contributed by atoms with Gasteiger partial charge >= 0.3 is 0 Å². The minimum absolute atomic E-state index is 0.0539. The zero-order chi connectivity index (χ0) is 25.1. The van der Waals surface area contributed by atoms with Crippen LogP contribution < -0.4 is 0 Å². The summed E-state index contributed by atoms with van der Waals surface area (Å²) in [6.07, 6.45) is 22.3. The van der Waals surface area contributed by atoms with E-state index in [0.29, 0.717) is 5.92 Å². The minimum Gasteiger partial charge on any atom is -0.198 e. The summed E-state index contributed by atoms with van der Waals surface area (Å²) in [6.45, 7) is 9.44. The van der Waals surface area contributed by atoms with Crippen LogP contribution in [0.5, 0.6) is 0 Å². The molecule has 2 saturated carbocycles. The lowest BCUT2D eigenvalue weighted by Gasteiger charge is -2.44. The fraction of sp³-hybridized carbons (Fsp3) is 0.794. The molecule has 0 heterocycles. The maximum absolute atomic E-state index is 10.3. The van der Waals surface area contributed by atoms with E-state index < -0.39 is 0 Å². The first-order valence-electron chi connectivity index (χ1n) is 15.5. The van der Waals surface area contributed by atoms with Crippen molar-refractivity contribution in [2.45, 2.75) is 143 Å². The second-order valence-corrected chi connectivity index (χ2v) is 12.6. The first kappa shape index (κ1) is 28.3. The number of nitriles is 1. The van der Waals surface area contributed by atoms with Crippen LogP contribution in [0.4, 0.5) is 0 Å². The van der Waals surface area contributed by atoms with Gasteiger partial charge in [0.1, 0.15) is 0 Å². The Kier molecular flexibility index (Phi) is 11.7. The highest BCUT2D eigenvalue weighted by molar-refractivity contribution is 5.26. The van der Waals surface area contributed by atoms with Crippen LogP contribution in [0.3, 0.4) is 0 Å². The monoisotopic (exact) mass is 477 g/mol. The van der Waals surface area contributed by atoms with Crippen molar-refractivity contribution in [1.29, 1.82) is 5.26 Å². The smallest absolute Gasteiger partial charge is 0.0692 e. The Labute approximate surface area is 218 Å². The van der Waals surface area contributed by atoms with Gasteiger partial charge in [0.05, 0.1) is 11.5 Å². The molecule has 35 heavy (non-hydrogen) atoms. The molecule has 1 nitrogen and oxygen atoms in total. The highest BCUT2D eigenvalue weighted by atomic mass is 14.5. The molecule has 0 radical (unpaired) electrons. The third-order valence-corrected chi connectivity index (χ3v) is 10.3. The van der Waals surface area contributed by atoms with Crippen molar-refractivity contribution in [3.8, 4) is 6.07 Å². The van der Waals surface area contributed by atoms with E-state index in [9.17, 15) is 5.26 Å². The van der Waals surface area contributed by atoms with Crippen LogP contribution in [0.1, 0.15) is 147 Å². The molecule has 196 valence electrons. The predicted molar refractivity (Wildman–Crippen MR) is 151 cm³/mol. The van der Waals surface area contributed by atoms with Gasteiger partial charge in [0.25, 0.3) is 0 Å². The molecule has 2 unspecified atom stereocenters. The number of unbranched alkanes of at least 4 members (excludes halogenated alkanes) is 5. The molecule has 1 heteroatoms. The van der Waals surface area contributed by atoms with Crippen LogP contribution in [0.2, 0.25) is 0 Å². The van der Waals surface area contributed by atoms with Crippen molar-refractivity contribution in [2.24, 2.45) is 29.1 Å². The Morgan fingerprint density at radius 2 is 1.49 bits per heavy atom. The molecule has 2 aliphatic rings. The topological polar surface area (TPSA) is 23.8 Å². The summed E-state index contributed by atoms with van der Waals surface area (Å²) < 4.78 is 0. The molecule has 0 bridgehead atoms. The average Bonchev–Trinajstić information content (AvgIpc) is 2.91. The predicted octanol–water partition coefficient (Wildman–Crippen LogP) is 10.6. The number of benzene rings is 1. The molecule has 0 aliphatic heterocycles. The summed E-state index contributed by atoms with van der Waals surface area (Å²) in [5.74, 6) is 3.72. The van der Waals surface area contributed by atoms with Crippen molar-refractivity contribution in [1.82, 2.24) is 0 Å². The lowest BCUT2D eigenvalue weighted by atomic mass is 9.58. The zero-order valence-electron chi connectivity index (χ0n) is 23.7. The number of hydrogen-bond acceptors (Lipinski definition) is 1. The maximum atomic E-state index is 10.3. The molecule has 3 rings (SSSR count). The number of hydrogen-bond donors (Lipinski definition) is 0. The minimum atomic E-state index is -0.0539. The highest BCUT2D eigenvalue weighted by Crippen LogP contribution is 2.51. The van der Waals surface area contributed by atoms with E-state index >= 15 is 0 Å². The molecule has 0 N–H and O–H groups in total. The molecule has 1 aromatic rings. The molecule has 0 aromatic heterocycles. The molecular weight excluding hydrogens is 422 g/mol. The van der Waals surface area contributed by atoms with Crippen molar-refractivity contribution in [2.75, 3.05) is 0 Å². The average molecular weight is 478 g/mol. The van der Waals surface area contributed by atoms with Crippen LogP contribution >= 0.6 is 0 Å². The van der Waals surface area contributed by atoms with E-state index in [1.165, 1.54) is 102 Å². The van der Waals surface area contributed by atoms with Crippen LogP contribution in [0, 0.1) is 40.4 Å². The van der Waals surface area contributed by atoms with E-state index in [1.54, 1.807) is 5.56 Å². The van der Waals surface area contributed by atoms with Gasteiger partial charge in [-0.15, -0.1) is 0 Å². The quantitative estimate of drug-likeness (QED) is 0.259. The van der Waals surface area contributed by atoms with Gasteiger partial charge in [-0.2, -0.15) is 5.26 Å². The SMILES string of the molecule is CCCCCCCCc1ccc(C2CCC(C(C)C3(C#N)CCC(CC(C)CC)CC3)CC2)cc1. The summed E-state index contributed by atoms with van der Waals surface area (Å²) >= 11 is 0. The van der Waals surface area contributed by atoms with Crippen molar-refractivity contribution in [3.05, 3.63) is 35.4 Å². The van der Waals surface area contributed by atoms with Gasteiger partial charge < -0.3 is 0 Å². The fourth-order valence-corrected chi connectivity index (χ4v) is 7.30. The third kappa shape index (κ3) is 8.10. The number of aryl methyl sites for hydroxylation is 1. The second-order valence-electron chi connectivity index (χ2n) is 12.6. The van der Waals surface area contributed by atoms with Crippen molar-refractivity contribution in [3.63, 3.8) is 0 Å². The molecule has 2 aliphatic carbocycles. The summed E-state index contributed by atoms with van der Waals surface area (Å²) in [4.78, 5) is 0. The van der Waals surface area contributed by atoms with E-state index in [4.69, 9.17) is 0 Å². The highest BCUT2D eigenvalue weighted by Gasteiger charge is 2.44. The third-order valence-electron chi connectivity index (χ3n) is 10.3. The number of rotatable bonds is 13. The van der Waals surface area contributed by atoms with Crippen LogP contribution in [0.15, 0.2) is 24.3 Å². The van der Waals surface area contributed by atoms with Gasteiger partial charge in [-0.1, -0.05) is 90.5 Å². The van der Waals surface area contributed by atoms with Crippen LogP contribution in [0.25, 0.3) is 0 Å². The summed E-state index contributed by atoms with van der Waals surface area (Å²) in [5, 5.41) is 10.3. The Morgan fingerprint density at radius 3 is 2.09 bits per heavy atom. The van der Waals surface area contributed by atoms with Gasteiger partial charge in [0.15, 0.2) is 0 Å². The summed E-state index contributed by atoms with van der Waals surface area (Å²) in [7, 11) is 0. The molecule has 2 fully saturated rings. The molecule has 0 amide bonds. The van der Waals surface area contributed by atoms with E-state index in [1.807, 2.05) is 0 Å². The van der Waals surface area contributed by atoms with Gasteiger partial charge in [-0.3, -0.25) is 0 Å². The van der Waals surface area contributed by atoms with E-state index in [-0.39, 0.29) is 5.41 Å². The molecule has 1 aromatic carbocycles. The Morgan fingerprint density at radius 1 is 0.857 bits per heavy atom. The van der Waals surface area contributed by atoms with Crippen molar-refractivity contribution < 1.29 is 0 Å². The zero-order valence-corrected chi connectivity index (χ0v) is 23.7. The largest absolute Gasteiger partial charge is 0.198 e. The standard InChI is InChI=1S/C34H55N/c1-5-7-8-9-10-11-12-29-13-15-32(16-14-29)33-19-17-31(18-20-33)28(4)34(26-35)23-21-30(22-24-34)25-27(3)6-2/h13-16,27-28,30-31,33H,5-12,17-25H2,1-4H3. The van der Waals surface area contributed by atoms with E-state index in [0.717, 1.165) is 36.5 Å². The lowest BCUT2D eigenvalue weighted by molar-refractivity contribution is 0.0748. The van der Waals surface area contributed by atoms with Crippen LogP contribution in [-0.4, -0.2) is 0 Å². The van der Waals surface area contributed by atoms with Crippen LogP contribution in [-0.2, 0) is 6.42 Å². The summed E-state index contributed by atoms with van der Waals surface area (Å²) in [6, 6.07) is 12.5. The van der Waals surface area contributed by atoms with Gasteiger partial charge in [-0.25, -0.2) is 0 Å². The lowest BCUT2D eigenvalue weighted by Crippen LogP contribution is -2.37. The molecule has 0 spiro atoms. The molecule has 0 saturated heterocycles. The van der Waals surface area contributed by atoms with Gasteiger partial charge in [-0.05, 0) is 111 Å². The first-order chi connectivity index (χ1) is 17.0. The summed E-state index contributed by atoms with van der Waals surface area (Å²) in [5.41, 5.74) is 3.02. The van der Waals surface area contributed by atoms with E-state index in [2.05, 4.69) is 58.0 Å².